The molecule has 0 aromatic heterocycles. The third kappa shape index (κ3) is 2.84. The van der Waals surface area contributed by atoms with Gasteiger partial charge in [0.05, 0.1) is 5.69 Å². The van der Waals surface area contributed by atoms with Gasteiger partial charge in [-0.25, -0.2) is 0 Å². The number of ether oxygens (including phenoxy) is 3. The lowest BCUT2D eigenvalue weighted by atomic mass is 10.2. The molecule has 2 amide bonds. The van der Waals surface area contributed by atoms with Crippen LogP contribution in [0.5, 0.6) is 17.2 Å². The summed E-state index contributed by atoms with van der Waals surface area (Å²) in [4.78, 5) is 26.3. The number of rotatable bonds is 3. The van der Waals surface area contributed by atoms with Crippen LogP contribution in [-0.2, 0) is 9.59 Å². The Morgan fingerprint density at radius 1 is 1.16 bits per heavy atom. The first kappa shape index (κ1) is 15.3. The molecule has 0 aliphatic carbocycles. The molecule has 2 heterocycles. The predicted molar refractivity (Wildman–Crippen MR) is 90.1 cm³/mol. The lowest BCUT2D eigenvalue weighted by Crippen LogP contribution is -2.47. The van der Waals surface area contributed by atoms with Crippen molar-refractivity contribution >= 4 is 23.2 Å². The summed E-state index contributed by atoms with van der Waals surface area (Å²) in [5.74, 6) is 1.25. The smallest absolute Gasteiger partial charge is 0.268 e. The second-order valence-corrected chi connectivity index (χ2v) is 5.77. The fourth-order valence-electron chi connectivity index (χ4n) is 2.84. The van der Waals surface area contributed by atoms with Crippen molar-refractivity contribution in [3.8, 4) is 17.2 Å². The van der Waals surface area contributed by atoms with Gasteiger partial charge in [-0.2, -0.15) is 0 Å². The molecule has 2 aliphatic heterocycles. The van der Waals surface area contributed by atoms with Gasteiger partial charge >= 0.3 is 0 Å². The molecule has 25 heavy (non-hydrogen) atoms. The zero-order valence-electron chi connectivity index (χ0n) is 13.5. The van der Waals surface area contributed by atoms with Gasteiger partial charge < -0.3 is 19.5 Å². The summed E-state index contributed by atoms with van der Waals surface area (Å²) in [6.07, 6.45) is -0.631. The summed E-state index contributed by atoms with van der Waals surface area (Å²) < 4.78 is 16.1. The second kappa shape index (κ2) is 6.01. The summed E-state index contributed by atoms with van der Waals surface area (Å²) in [6, 6.07) is 12.3. The Labute approximate surface area is 144 Å². The van der Waals surface area contributed by atoms with Gasteiger partial charge in [-0.1, -0.05) is 12.1 Å². The van der Waals surface area contributed by atoms with E-state index in [1.165, 1.54) is 4.90 Å². The molecule has 2 aromatic carbocycles. The van der Waals surface area contributed by atoms with Crippen molar-refractivity contribution in [2.75, 3.05) is 23.6 Å². The number of hydrogen-bond donors (Lipinski definition) is 1. The number of para-hydroxylation sites is 2. The molecular weight excluding hydrogens is 324 g/mol. The molecule has 0 unspecified atom stereocenters. The minimum Gasteiger partial charge on any atom is -0.479 e. The van der Waals surface area contributed by atoms with Crippen molar-refractivity contribution in [2.45, 2.75) is 13.0 Å². The van der Waals surface area contributed by atoms with E-state index in [0.717, 1.165) is 0 Å². The Bertz CT molecular complexity index is 851. The maximum Gasteiger partial charge on any atom is 0.268 e. The summed E-state index contributed by atoms with van der Waals surface area (Å²) in [5.41, 5.74) is 1.17. The molecule has 2 aromatic rings. The van der Waals surface area contributed by atoms with Crippen molar-refractivity contribution in [2.24, 2.45) is 0 Å². The predicted octanol–water partition coefficient (Wildman–Crippen LogP) is 2.17. The Balaban J connectivity index is 1.51. The Hall–Kier alpha value is -3.22. The second-order valence-electron chi connectivity index (χ2n) is 5.77. The largest absolute Gasteiger partial charge is 0.479 e. The van der Waals surface area contributed by atoms with Crippen LogP contribution >= 0.6 is 0 Å². The van der Waals surface area contributed by atoms with E-state index in [4.69, 9.17) is 14.2 Å². The maximum absolute atomic E-state index is 12.4. The van der Waals surface area contributed by atoms with Gasteiger partial charge in [-0.05, 0) is 31.2 Å². The van der Waals surface area contributed by atoms with Crippen molar-refractivity contribution in [1.82, 2.24) is 0 Å². The topological polar surface area (TPSA) is 77.1 Å². The molecule has 0 saturated carbocycles. The molecule has 1 atom stereocenters. The number of nitrogens with one attached hydrogen (secondary N) is 1. The minimum atomic E-state index is -0.631. The van der Waals surface area contributed by atoms with Crippen molar-refractivity contribution in [3.63, 3.8) is 0 Å². The average Bonchev–Trinajstić information content (AvgIpc) is 3.06. The van der Waals surface area contributed by atoms with Crippen molar-refractivity contribution < 1.29 is 23.8 Å². The molecule has 0 saturated heterocycles. The molecule has 7 heteroatoms. The highest BCUT2D eigenvalue weighted by Crippen LogP contribution is 2.35. The molecular formula is C18H16N2O5. The SMILES string of the molecule is C[C@H]1Oc2ccccc2N(CC(=O)Nc2ccc3c(c2)OCO3)C1=O. The highest BCUT2D eigenvalue weighted by molar-refractivity contribution is 6.06. The number of carbonyl (C=O) groups is 2. The molecule has 1 N–H and O–H groups in total. The standard InChI is InChI=1S/C18H16N2O5/c1-11-18(22)20(13-4-2-3-5-14(13)25-11)9-17(21)19-12-6-7-15-16(8-12)24-10-23-15/h2-8,11H,9-10H2,1H3,(H,19,21)/t11-/m1/s1. The van der Waals surface area contributed by atoms with Crippen LogP contribution in [0.4, 0.5) is 11.4 Å². The normalized spacial score (nSPS) is 17.7. The van der Waals surface area contributed by atoms with E-state index in [-0.39, 0.29) is 25.2 Å². The van der Waals surface area contributed by atoms with E-state index >= 15 is 0 Å². The van der Waals surface area contributed by atoms with Crippen LogP contribution in [0.1, 0.15) is 6.92 Å². The van der Waals surface area contributed by atoms with Crippen LogP contribution in [0, 0.1) is 0 Å². The number of anilines is 2. The van der Waals surface area contributed by atoms with Crippen LogP contribution in [0.3, 0.4) is 0 Å². The van der Waals surface area contributed by atoms with Crippen LogP contribution in [0.15, 0.2) is 42.5 Å². The Morgan fingerprint density at radius 3 is 2.84 bits per heavy atom. The van der Waals surface area contributed by atoms with Gasteiger partial charge in [-0.3, -0.25) is 14.5 Å². The molecule has 0 spiro atoms. The van der Waals surface area contributed by atoms with Crippen LogP contribution in [-0.4, -0.2) is 31.3 Å². The fraction of sp³-hybridized carbons (Fsp3) is 0.222. The number of nitrogens with zero attached hydrogens (tertiary/aromatic N) is 1. The van der Waals surface area contributed by atoms with E-state index in [0.29, 0.717) is 28.6 Å². The van der Waals surface area contributed by atoms with Gasteiger partial charge in [0, 0.05) is 11.8 Å². The van der Waals surface area contributed by atoms with E-state index in [2.05, 4.69) is 5.32 Å². The first-order valence-corrected chi connectivity index (χ1v) is 7.88. The Kier molecular flexibility index (Phi) is 3.68. The van der Waals surface area contributed by atoms with Gasteiger partial charge in [0.15, 0.2) is 17.6 Å². The first-order chi connectivity index (χ1) is 12.1. The minimum absolute atomic E-state index is 0.0992. The number of fused-ring (bicyclic) bond motifs is 2. The third-order valence-electron chi connectivity index (χ3n) is 4.03. The maximum atomic E-state index is 12.4. The number of hydrogen-bond acceptors (Lipinski definition) is 5. The summed E-state index contributed by atoms with van der Waals surface area (Å²) in [6.45, 7) is 1.74. The zero-order chi connectivity index (χ0) is 17.4. The molecule has 0 fully saturated rings. The van der Waals surface area contributed by atoms with Gasteiger partial charge in [0.25, 0.3) is 5.91 Å². The lowest BCUT2D eigenvalue weighted by Gasteiger charge is -2.32. The van der Waals surface area contributed by atoms with E-state index in [1.54, 1.807) is 43.3 Å². The van der Waals surface area contributed by atoms with Gasteiger partial charge in [0.2, 0.25) is 12.7 Å². The van der Waals surface area contributed by atoms with E-state index in [1.807, 2.05) is 6.07 Å². The van der Waals surface area contributed by atoms with Gasteiger partial charge in [0.1, 0.15) is 12.3 Å². The molecule has 4 rings (SSSR count). The number of amides is 2. The molecule has 128 valence electrons. The summed E-state index contributed by atoms with van der Waals surface area (Å²) >= 11 is 0. The van der Waals surface area contributed by atoms with Crippen molar-refractivity contribution in [3.05, 3.63) is 42.5 Å². The third-order valence-corrected chi connectivity index (χ3v) is 4.03. The fourth-order valence-corrected chi connectivity index (χ4v) is 2.84. The lowest BCUT2D eigenvalue weighted by molar-refractivity contribution is -0.127. The molecule has 0 radical (unpaired) electrons. The number of carbonyl (C=O) groups excluding carboxylic acids is 2. The quantitative estimate of drug-likeness (QED) is 0.927. The van der Waals surface area contributed by atoms with Crippen LogP contribution < -0.4 is 24.4 Å². The molecule has 7 nitrogen and oxygen atoms in total. The number of benzene rings is 2. The molecule has 2 aliphatic rings. The first-order valence-electron chi connectivity index (χ1n) is 7.88. The molecule has 0 bridgehead atoms. The highest BCUT2D eigenvalue weighted by atomic mass is 16.7. The Morgan fingerprint density at radius 2 is 1.96 bits per heavy atom. The van der Waals surface area contributed by atoms with Crippen LogP contribution in [0.25, 0.3) is 0 Å². The van der Waals surface area contributed by atoms with Crippen molar-refractivity contribution in [1.29, 1.82) is 0 Å². The highest BCUT2D eigenvalue weighted by Gasteiger charge is 2.32. The monoisotopic (exact) mass is 340 g/mol. The summed E-state index contributed by atoms with van der Waals surface area (Å²) in [7, 11) is 0. The van der Waals surface area contributed by atoms with Crippen LogP contribution in [0.2, 0.25) is 0 Å². The average molecular weight is 340 g/mol. The summed E-state index contributed by atoms with van der Waals surface area (Å²) in [5, 5.41) is 2.78. The zero-order valence-corrected chi connectivity index (χ0v) is 13.5. The van der Waals surface area contributed by atoms with Gasteiger partial charge in [-0.15, -0.1) is 0 Å². The van der Waals surface area contributed by atoms with E-state index in [9.17, 15) is 9.59 Å². The van der Waals surface area contributed by atoms with E-state index < -0.39 is 6.10 Å².